The Morgan fingerprint density at radius 3 is 2.74 bits per heavy atom. The molecule has 8 heteroatoms. The molecule has 0 aliphatic rings. The third-order valence-electron chi connectivity index (χ3n) is 4.47. The summed E-state index contributed by atoms with van der Waals surface area (Å²) in [4.78, 5) is 4.24. The zero-order chi connectivity index (χ0) is 19.6. The van der Waals surface area contributed by atoms with Crippen molar-refractivity contribution in [2.75, 3.05) is 18.1 Å². The smallest absolute Gasteiger partial charge is 0.151 e. The Kier molecular flexibility index (Phi) is 5.51. The number of nitrogens with zero attached hydrogens (tertiary/aromatic N) is 3. The van der Waals surface area contributed by atoms with Crippen molar-refractivity contribution in [3.8, 4) is 17.3 Å². The molecular formula is C19H19ClN4O2S. The van der Waals surface area contributed by atoms with E-state index in [0.29, 0.717) is 17.0 Å². The fourth-order valence-electron chi connectivity index (χ4n) is 3.17. The first-order chi connectivity index (χ1) is 12.9. The number of nitrogens with two attached hydrogens (primary N) is 1. The second-order valence-corrected chi connectivity index (χ2v) is 9.07. The van der Waals surface area contributed by atoms with Crippen LogP contribution in [0.25, 0.3) is 22.2 Å². The molecule has 3 aromatic rings. The number of pyridine rings is 1. The molecule has 27 heavy (non-hydrogen) atoms. The van der Waals surface area contributed by atoms with Gasteiger partial charge in [-0.25, -0.2) is 8.42 Å². The van der Waals surface area contributed by atoms with E-state index in [1.165, 1.54) is 0 Å². The summed E-state index contributed by atoms with van der Waals surface area (Å²) in [6.45, 7) is 0.116. The maximum atomic E-state index is 11.9. The van der Waals surface area contributed by atoms with Crippen LogP contribution in [0.2, 0.25) is 5.02 Å². The number of aromatic nitrogens is 2. The van der Waals surface area contributed by atoms with Crippen LogP contribution in [0.15, 0.2) is 36.7 Å². The molecule has 0 fully saturated rings. The Hall–Kier alpha value is -2.40. The van der Waals surface area contributed by atoms with E-state index < -0.39 is 9.84 Å². The van der Waals surface area contributed by atoms with Crippen LogP contribution in [0, 0.1) is 11.3 Å². The summed E-state index contributed by atoms with van der Waals surface area (Å²) in [6, 6.07) is 9.55. The molecule has 0 aliphatic heterocycles. The van der Waals surface area contributed by atoms with Crippen LogP contribution in [0.5, 0.6) is 0 Å². The highest BCUT2D eigenvalue weighted by Gasteiger charge is 2.18. The van der Waals surface area contributed by atoms with E-state index in [1.807, 2.05) is 29.8 Å². The second-order valence-electron chi connectivity index (χ2n) is 6.33. The molecule has 2 aromatic heterocycles. The largest absolute Gasteiger partial charge is 0.342 e. The number of nitriles is 1. The van der Waals surface area contributed by atoms with Gasteiger partial charge in [0.1, 0.15) is 6.07 Å². The number of hydrogen-bond acceptors (Lipinski definition) is 5. The molecule has 0 spiro atoms. The summed E-state index contributed by atoms with van der Waals surface area (Å²) in [5.74, 6) is -0.00613. The summed E-state index contributed by atoms with van der Waals surface area (Å²) in [5, 5.41) is 11.1. The number of benzene rings is 1. The van der Waals surface area contributed by atoms with Crippen LogP contribution >= 0.6 is 11.6 Å². The summed E-state index contributed by atoms with van der Waals surface area (Å²) in [7, 11) is -1.31. The molecule has 1 aromatic carbocycles. The van der Waals surface area contributed by atoms with Gasteiger partial charge in [-0.05, 0) is 36.2 Å². The van der Waals surface area contributed by atoms with Crippen LogP contribution in [0.4, 0.5) is 0 Å². The fraction of sp³-hybridized carbons (Fsp3) is 0.263. The van der Waals surface area contributed by atoms with Crippen LogP contribution in [-0.2, 0) is 23.3 Å². The maximum Gasteiger partial charge on any atom is 0.151 e. The van der Waals surface area contributed by atoms with Gasteiger partial charge in [-0.3, -0.25) is 4.98 Å². The van der Waals surface area contributed by atoms with E-state index in [0.717, 1.165) is 27.7 Å². The van der Waals surface area contributed by atoms with Crippen LogP contribution in [0.3, 0.4) is 0 Å². The van der Waals surface area contributed by atoms with E-state index in [9.17, 15) is 13.7 Å². The number of fused-ring (bicyclic) bond motifs is 1. The van der Waals surface area contributed by atoms with E-state index in [1.54, 1.807) is 18.5 Å². The first-order valence-corrected chi connectivity index (χ1v) is 10.6. The molecule has 0 saturated carbocycles. The molecular weight excluding hydrogens is 384 g/mol. The minimum atomic E-state index is -3.18. The quantitative estimate of drug-likeness (QED) is 0.682. The summed E-state index contributed by atoms with van der Waals surface area (Å²) >= 11 is 6.10. The summed E-state index contributed by atoms with van der Waals surface area (Å²) in [6.07, 6.45) is 3.67. The second kappa shape index (κ2) is 7.69. The van der Waals surface area contributed by atoms with Gasteiger partial charge in [0, 0.05) is 42.0 Å². The molecule has 2 N–H and O–H groups in total. The normalized spacial score (nSPS) is 11.6. The van der Waals surface area contributed by atoms with Gasteiger partial charge >= 0.3 is 0 Å². The summed E-state index contributed by atoms with van der Waals surface area (Å²) in [5.41, 5.74) is 9.02. The average Bonchev–Trinajstić information content (AvgIpc) is 2.92. The topological polar surface area (TPSA) is 102 Å². The standard InChI is InChI=1S/C19H19ClN4O2S/c1-24-18-9-15(20)2-3-16(18)17(10-22)19(24)14-8-13(11-23-12-14)4-6-27(25,26)7-5-21/h2-3,8-9,11-12H,4-7,21H2,1H3. The predicted molar refractivity (Wildman–Crippen MR) is 107 cm³/mol. The highest BCUT2D eigenvalue weighted by molar-refractivity contribution is 7.91. The van der Waals surface area contributed by atoms with Gasteiger partial charge in [0.25, 0.3) is 0 Å². The fourth-order valence-corrected chi connectivity index (χ4v) is 4.45. The lowest BCUT2D eigenvalue weighted by atomic mass is 10.1. The number of hydrogen-bond donors (Lipinski definition) is 1. The van der Waals surface area contributed by atoms with E-state index in [-0.39, 0.29) is 18.1 Å². The Morgan fingerprint density at radius 1 is 1.26 bits per heavy atom. The molecule has 6 nitrogen and oxygen atoms in total. The number of rotatable bonds is 6. The monoisotopic (exact) mass is 402 g/mol. The number of aryl methyl sites for hydroxylation is 2. The average molecular weight is 403 g/mol. The van der Waals surface area contributed by atoms with E-state index in [4.69, 9.17) is 17.3 Å². The first-order valence-electron chi connectivity index (χ1n) is 8.39. The first kappa shape index (κ1) is 19.4. The van der Waals surface area contributed by atoms with Gasteiger partial charge in [0.15, 0.2) is 9.84 Å². The van der Waals surface area contributed by atoms with E-state index in [2.05, 4.69) is 11.1 Å². The van der Waals surface area contributed by atoms with Gasteiger partial charge in [0.05, 0.1) is 28.3 Å². The van der Waals surface area contributed by atoms with Gasteiger partial charge < -0.3 is 10.3 Å². The van der Waals surface area contributed by atoms with Crippen molar-refractivity contribution in [2.45, 2.75) is 6.42 Å². The van der Waals surface area contributed by atoms with Gasteiger partial charge in [-0.15, -0.1) is 0 Å². The summed E-state index contributed by atoms with van der Waals surface area (Å²) < 4.78 is 25.7. The Bertz CT molecular complexity index is 1150. The zero-order valence-corrected chi connectivity index (χ0v) is 16.4. The van der Waals surface area contributed by atoms with Crippen LogP contribution < -0.4 is 5.73 Å². The van der Waals surface area contributed by atoms with Crippen molar-refractivity contribution in [1.29, 1.82) is 5.26 Å². The predicted octanol–water partition coefficient (Wildman–Crippen LogP) is 2.68. The van der Waals surface area contributed by atoms with Crippen molar-refractivity contribution < 1.29 is 8.42 Å². The highest BCUT2D eigenvalue weighted by atomic mass is 35.5. The molecule has 0 unspecified atom stereocenters. The van der Waals surface area contributed by atoms with Crippen molar-refractivity contribution in [3.63, 3.8) is 0 Å². The third-order valence-corrected chi connectivity index (χ3v) is 6.39. The third kappa shape index (κ3) is 3.98. The Balaban J connectivity index is 2.03. The Labute approximate surface area is 163 Å². The molecule has 2 heterocycles. The molecule has 140 valence electrons. The molecule has 0 saturated heterocycles. The number of sulfone groups is 1. The Morgan fingerprint density at radius 2 is 2.04 bits per heavy atom. The van der Waals surface area contributed by atoms with Crippen molar-refractivity contribution >= 4 is 32.3 Å². The van der Waals surface area contributed by atoms with E-state index >= 15 is 0 Å². The van der Waals surface area contributed by atoms with Crippen molar-refractivity contribution in [2.24, 2.45) is 12.8 Å². The van der Waals surface area contributed by atoms with Gasteiger partial charge in [-0.1, -0.05) is 11.6 Å². The van der Waals surface area contributed by atoms with Crippen molar-refractivity contribution in [3.05, 3.63) is 52.8 Å². The minimum Gasteiger partial charge on any atom is -0.342 e. The highest BCUT2D eigenvalue weighted by Crippen LogP contribution is 2.33. The lowest BCUT2D eigenvalue weighted by molar-refractivity contribution is 0.595. The molecule has 0 atom stereocenters. The SMILES string of the molecule is Cn1c(-c2cncc(CCS(=O)(=O)CCN)c2)c(C#N)c2ccc(Cl)cc21. The lowest BCUT2D eigenvalue weighted by Gasteiger charge is -2.08. The minimum absolute atomic E-state index is 0.0190. The van der Waals surface area contributed by atoms with Gasteiger partial charge in [0.2, 0.25) is 0 Å². The molecule has 3 rings (SSSR count). The van der Waals surface area contributed by atoms with Crippen LogP contribution in [-0.4, -0.2) is 36.0 Å². The lowest BCUT2D eigenvalue weighted by Crippen LogP contribution is -2.19. The number of halogens is 1. The maximum absolute atomic E-state index is 11.9. The molecule has 0 bridgehead atoms. The van der Waals surface area contributed by atoms with Gasteiger partial charge in [-0.2, -0.15) is 5.26 Å². The molecule has 0 radical (unpaired) electrons. The van der Waals surface area contributed by atoms with Crippen LogP contribution in [0.1, 0.15) is 11.1 Å². The molecule has 0 amide bonds. The zero-order valence-electron chi connectivity index (χ0n) is 14.8. The van der Waals surface area contributed by atoms with Crippen molar-refractivity contribution in [1.82, 2.24) is 9.55 Å². The molecule has 0 aliphatic carbocycles.